The van der Waals surface area contributed by atoms with E-state index >= 15 is 0 Å². The molecular weight excluding hydrogens is 304 g/mol. The number of aliphatic carboxylic acids is 1. The first kappa shape index (κ1) is 22.4. The van der Waals surface area contributed by atoms with Crippen molar-refractivity contribution in [3.8, 4) is 0 Å². The zero-order valence-corrected chi connectivity index (χ0v) is 14.8. The molecule has 0 saturated heterocycles. The summed E-state index contributed by atoms with van der Waals surface area (Å²) in [5.74, 6) is -0.734. The molecule has 24 heavy (non-hydrogen) atoms. The van der Waals surface area contributed by atoms with Gasteiger partial charge in [0.05, 0.1) is 0 Å². The molecule has 0 bridgehead atoms. The lowest BCUT2D eigenvalue weighted by molar-refractivity contribution is -0.267. The number of allylic oxidation sites excluding steroid dienone is 7. The summed E-state index contributed by atoms with van der Waals surface area (Å²) in [4.78, 5) is 14.8. The van der Waals surface area contributed by atoms with Gasteiger partial charge in [0.25, 0.3) is 0 Å². The smallest absolute Gasteiger partial charge is 0.303 e. The van der Waals surface area contributed by atoms with Gasteiger partial charge in [-0.25, -0.2) is 4.89 Å². The first-order chi connectivity index (χ1) is 11.7. The highest BCUT2D eigenvalue weighted by Gasteiger charge is 2.02. The third-order valence-corrected chi connectivity index (χ3v) is 3.44. The van der Waals surface area contributed by atoms with Crippen molar-refractivity contribution < 1.29 is 20.0 Å². The van der Waals surface area contributed by atoms with Crippen molar-refractivity contribution in [3.63, 3.8) is 0 Å². The van der Waals surface area contributed by atoms with Crippen LogP contribution in [0.2, 0.25) is 0 Å². The molecule has 0 rings (SSSR count). The monoisotopic (exact) mass is 336 g/mol. The largest absolute Gasteiger partial charge is 0.481 e. The molecule has 0 amide bonds. The molecule has 136 valence electrons. The maximum atomic E-state index is 10.3. The Labute approximate surface area is 146 Å². The predicted octanol–water partition coefficient (Wildman–Crippen LogP) is 5.68. The minimum Gasteiger partial charge on any atom is -0.481 e. The van der Waals surface area contributed by atoms with Crippen LogP contribution in [0.5, 0.6) is 0 Å². The third kappa shape index (κ3) is 16.7. The van der Waals surface area contributed by atoms with Crippen molar-refractivity contribution in [1.29, 1.82) is 0 Å². The molecular formula is C20H32O4. The molecule has 2 N–H and O–H groups in total. The Balaban J connectivity index is 3.70. The van der Waals surface area contributed by atoms with E-state index in [-0.39, 0.29) is 12.5 Å². The van der Waals surface area contributed by atoms with Crippen LogP contribution in [0.3, 0.4) is 0 Å². The molecule has 4 nitrogen and oxygen atoms in total. The number of carboxylic acid groups (broad SMARTS) is 1. The van der Waals surface area contributed by atoms with Crippen LogP contribution < -0.4 is 0 Å². The van der Waals surface area contributed by atoms with Crippen molar-refractivity contribution in [1.82, 2.24) is 0 Å². The molecule has 0 heterocycles. The summed E-state index contributed by atoms with van der Waals surface area (Å²) in [6.07, 6.45) is 23.5. The molecule has 0 saturated carbocycles. The van der Waals surface area contributed by atoms with Crippen molar-refractivity contribution in [2.45, 2.75) is 70.8 Å². The van der Waals surface area contributed by atoms with Gasteiger partial charge < -0.3 is 5.11 Å². The van der Waals surface area contributed by atoms with Crippen LogP contribution in [0, 0.1) is 0 Å². The zero-order valence-electron chi connectivity index (χ0n) is 14.8. The lowest BCUT2D eigenvalue weighted by atomic mass is 10.1. The highest BCUT2D eigenvalue weighted by atomic mass is 17.1. The lowest BCUT2D eigenvalue weighted by Gasteiger charge is -2.07. The van der Waals surface area contributed by atoms with E-state index in [0.717, 1.165) is 44.9 Å². The van der Waals surface area contributed by atoms with E-state index in [1.165, 1.54) is 0 Å². The average molecular weight is 336 g/mol. The second-order valence-electron chi connectivity index (χ2n) is 5.65. The van der Waals surface area contributed by atoms with Crippen LogP contribution in [0.25, 0.3) is 0 Å². The fourth-order valence-corrected chi connectivity index (χ4v) is 2.06. The van der Waals surface area contributed by atoms with Gasteiger partial charge >= 0.3 is 5.97 Å². The average Bonchev–Trinajstić information content (AvgIpc) is 2.57. The van der Waals surface area contributed by atoms with E-state index in [2.05, 4.69) is 30.0 Å². The zero-order chi connectivity index (χ0) is 17.9. The van der Waals surface area contributed by atoms with E-state index in [9.17, 15) is 4.79 Å². The second kappa shape index (κ2) is 17.7. The van der Waals surface area contributed by atoms with Crippen LogP contribution in [0.15, 0.2) is 48.6 Å². The number of hydrogen-bond acceptors (Lipinski definition) is 3. The minimum absolute atomic E-state index is 0.219. The molecule has 0 spiro atoms. The van der Waals surface area contributed by atoms with Gasteiger partial charge in [-0.2, -0.15) is 0 Å². The Morgan fingerprint density at radius 3 is 2.38 bits per heavy atom. The summed E-state index contributed by atoms with van der Waals surface area (Å²) in [6, 6.07) is 0. The quantitative estimate of drug-likeness (QED) is 0.133. The summed E-state index contributed by atoms with van der Waals surface area (Å²) in [7, 11) is 0. The van der Waals surface area contributed by atoms with Crippen molar-refractivity contribution in [3.05, 3.63) is 48.6 Å². The van der Waals surface area contributed by atoms with Gasteiger partial charge in [0.15, 0.2) is 0 Å². The van der Waals surface area contributed by atoms with Crippen molar-refractivity contribution in [2.75, 3.05) is 0 Å². The van der Waals surface area contributed by atoms with Gasteiger partial charge in [0, 0.05) is 6.42 Å². The van der Waals surface area contributed by atoms with Crippen LogP contribution >= 0.6 is 0 Å². The lowest BCUT2D eigenvalue weighted by Crippen LogP contribution is -2.06. The van der Waals surface area contributed by atoms with E-state index in [1.54, 1.807) is 0 Å². The Morgan fingerprint density at radius 2 is 1.71 bits per heavy atom. The molecule has 0 aromatic rings. The Hall–Kier alpha value is -1.65. The molecule has 0 fully saturated rings. The number of rotatable bonds is 15. The highest BCUT2D eigenvalue weighted by Crippen LogP contribution is 2.07. The molecule has 0 aromatic carbocycles. The fourth-order valence-electron chi connectivity index (χ4n) is 2.06. The maximum absolute atomic E-state index is 10.3. The van der Waals surface area contributed by atoms with Crippen LogP contribution in [-0.2, 0) is 9.68 Å². The summed E-state index contributed by atoms with van der Waals surface area (Å²) in [5, 5.41) is 17.3. The van der Waals surface area contributed by atoms with E-state index in [4.69, 9.17) is 10.4 Å². The van der Waals surface area contributed by atoms with Crippen LogP contribution in [-0.4, -0.2) is 22.4 Å². The molecule has 0 unspecified atom stereocenters. The van der Waals surface area contributed by atoms with Gasteiger partial charge in [-0.15, -0.1) is 0 Å². The second-order valence-corrected chi connectivity index (χ2v) is 5.65. The molecule has 1 atom stereocenters. The fraction of sp³-hybridized carbons (Fsp3) is 0.550. The number of unbranched alkanes of at least 4 members (excludes halogenated alkanes) is 3. The predicted molar refractivity (Wildman–Crippen MR) is 98.9 cm³/mol. The first-order valence-corrected chi connectivity index (χ1v) is 8.86. The Kier molecular flexibility index (Phi) is 16.5. The van der Waals surface area contributed by atoms with Crippen LogP contribution in [0.4, 0.5) is 0 Å². The summed E-state index contributed by atoms with van der Waals surface area (Å²) < 4.78 is 0. The molecule has 0 radical (unpaired) electrons. The molecule has 0 aliphatic rings. The van der Waals surface area contributed by atoms with Crippen molar-refractivity contribution >= 4 is 5.97 Å². The SMILES string of the molecule is CCCCC[C@@H](/C=C/C=C\C/C=C/C/C=C\CCCC(=O)O)OO. The molecule has 0 aromatic heterocycles. The molecule has 4 heteroatoms. The van der Waals surface area contributed by atoms with Crippen molar-refractivity contribution in [2.24, 2.45) is 0 Å². The maximum Gasteiger partial charge on any atom is 0.303 e. The van der Waals surface area contributed by atoms with E-state index in [1.807, 2.05) is 30.4 Å². The number of carbonyl (C=O) groups is 1. The highest BCUT2D eigenvalue weighted by molar-refractivity contribution is 5.66. The normalized spacial score (nSPS) is 13.8. The Morgan fingerprint density at radius 1 is 1.00 bits per heavy atom. The molecule has 0 aliphatic heterocycles. The van der Waals surface area contributed by atoms with Crippen LogP contribution in [0.1, 0.15) is 64.7 Å². The molecule has 0 aliphatic carbocycles. The van der Waals surface area contributed by atoms with Gasteiger partial charge in [0.2, 0.25) is 0 Å². The van der Waals surface area contributed by atoms with Gasteiger partial charge in [-0.1, -0.05) is 74.8 Å². The minimum atomic E-state index is -0.734. The third-order valence-electron chi connectivity index (χ3n) is 3.44. The number of hydrogen-bond donors (Lipinski definition) is 2. The summed E-state index contributed by atoms with van der Waals surface area (Å²) in [6.45, 7) is 2.15. The Bertz CT molecular complexity index is 408. The number of carboxylic acids is 1. The topological polar surface area (TPSA) is 66.8 Å². The standard InChI is InChI=1S/C20H32O4/c1-2-3-13-16-19(24-23)17-14-11-9-7-5-4-6-8-10-12-15-18-20(21)22/h4-5,8-11,14,17,19,23H,2-3,6-7,12-13,15-16,18H2,1H3,(H,21,22)/b5-4+,10-8-,11-9-,17-14+/t19-/m0/s1. The van der Waals surface area contributed by atoms with Gasteiger partial charge in [-0.05, 0) is 32.1 Å². The summed E-state index contributed by atoms with van der Waals surface area (Å²) >= 11 is 0. The first-order valence-electron chi connectivity index (χ1n) is 8.86. The van der Waals surface area contributed by atoms with Gasteiger partial charge in [0.1, 0.15) is 6.10 Å². The van der Waals surface area contributed by atoms with Gasteiger partial charge in [-0.3, -0.25) is 10.1 Å². The van der Waals surface area contributed by atoms with E-state index < -0.39 is 5.97 Å². The van der Waals surface area contributed by atoms with E-state index in [0.29, 0.717) is 6.42 Å². The summed E-state index contributed by atoms with van der Waals surface area (Å²) in [5.41, 5.74) is 0.